The molecule has 0 unspecified atom stereocenters. The van der Waals surface area contributed by atoms with Crippen molar-refractivity contribution in [2.45, 2.75) is 42.7 Å². The van der Waals surface area contributed by atoms with Crippen LogP contribution in [0.5, 0.6) is 5.88 Å². The van der Waals surface area contributed by atoms with Crippen LogP contribution in [0.4, 0.5) is 20.5 Å². The quantitative estimate of drug-likeness (QED) is 0.264. The molecule has 0 radical (unpaired) electrons. The van der Waals surface area contributed by atoms with Gasteiger partial charge in [0.25, 0.3) is 10.0 Å². The Morgan fingerprint density at radius 1 is 1.02 bits per heavy atom. The Kier molecular flexibility index (Phi) is 8.25. The van der Waals surface area contributed by atoms with E-state index in [1.165, 1.54) is 37.6 Å². The second kappa shape index (κ2) is 11.7. The van der Waals surface area contributed by atoms with Crippen molar-refractivity contribution in [3.8, 4) is 17.0 Å². The molecule has 2 N–H and O–H groups in total. The predicted molar refractivity (Wildman–Crippen MR) is 155 cm³/mol. The van der Waals surface area contributed by atoms with Gasteiger partial charge >= 0.3 is 0 Å². The highest BCUT2D eigenvalue weighted by Crippen LogP contribution is 2.35. The lowest BCUT2D eigenvalue weighted by Gasteiger charge is -2.32. The van der Waals surface area contributed by atoms with E-state index in [1.54, 1.807) is 12.1 Å². The van der Waals surface area contributed by atoms with E-state index in [4.69, 9.17) is 16.3 Å². The molecule has 9 nitrogen and oxygen atoms in total. The van der Waals surface area contributed by atoms with Crippen LogP contribution in [-0.4, -0.2) is 61.6 Å². The van der Waals surface area contributed by atoms with Crippen LogP contribution in [0.15, 0.2) is 53.6 Å². The van der Waals surface area contributed by atoms with Crippen LogP contribution in [0.2, 0.25) is 5.02 Å². The van der Waals surface area contributed by atoms with E-state index in [-0.39, 0.29) is 38.5 Å². The predicted octanol–water partition coefficient (Wildman–Crippen LogP) is 5.72. The molecule has 0 bridgehead atoms. The van der Waals surface area contributed by atoms with Crippen molar-refractivity contribution in [1.82, 2.24) is 19.9 Å². The van der Waals surface area contributed by atoms with E-state index in [0.717, 1.165) is 31.7 Å². The average Bonchev–Trinajstić information content (AvgIpc) is 2.94. The molecule has 4 aromatic rings. The van der Waals surface area contributed by atoms with Gasteiger partial charge in [0.1, 0.15) is 16.2 Å². The third-order valence-corrected chi connectivity index (χ3v) is 9.04. The number of pyridine rings is 1. The van der Waals surface area contributed by atoms with Crippen LogP contribution in [0.25, 0.3) is 22.0 Å². The first kappa shape index (κ1) is 28.9. The second-order valence-electron chi connectivity index (χ2n) is 10.1. The lowest BCUT2D eigenvalue weighted by molar-refractivity contribution is 0.221. The van der Waals surface area contributed by atoms with Gasteiger partial charge in [0.15, 0.2) is 11.6 Å². The number of ether oxygens (including phenoxy) is 1. The molecular weight excluding hydrogens is 574 g/mol. The van der Waals surface area contributed by atoms with Crippen molar-refractivity contribution < 1.29 is 21.9 Å². The van der Waals surface area contributed by atoms with Crippen LogP contribution in [0, 0.1) is 11.6 Å². The number of sulfonamides is 1. The summed E-state index contributed by atoms with van der Waals surface area (Å²) in [6.45, 7) is 0. The zero-order valence-electron chi connectivity index (χ0n) is 22.7. The van der Waals surface area contributed by atoms with Crippen molar-refractivity contribution in [2.75, 3.05) is 31.2 Å². The monoisotopic (exact) mass is 602 g/mol. The normalized spacial score (nSPS) is 17.5. The molecule has 2 heterocycles. The standard InChI is InChI=1S/C28H29ClF2N6O3S/c1-37(2)19-10-8-18(9-11-19)33-28-32-15-17-12-16(13-22(30)25(17)34-28)20-14-23(31)26(35-27(20)40-3)36-41(38,39)24-7-5-4-6-21(24)29/h4-7,12-15,18-19H,8-11H2,1-3H3,(H,35,36)(H,32,33,34)/t18-,19-. The number of anilines is 2. The molecule has 41 heavy (non-hydrogen) atoms. The van der Waals surface area contributed by atoms with Crippen molar-refractivity contribution in [2.24, 2.45) is 0 Å². The smallest absolute Gasteiger partial charge is 0.264 e. The van der Waals surface area contributed by atoms with Gasteiger partial charge in [0.05, 0.1) is 12.1 Å². The minimum absolute atomic E-state index is 0.0343. The summed E-state index contributed by atoms with van der Waals surface area (Å²) in [5, 5.41) is 3.68. The molecule has 1 fully saturated rings. The molecule has 2 aromatic carbocycles. The number of halogens is 3. The lowest BCUT2D eigenvalue weighted by atomic mass is 9.91. The number of nitrogens with zero attached hydrogens (tertiary/aromatic N) is 4. The highest BCUT2D eigenvalue weighted by atomic mass is 35.5. The maximum absolute atomic E-state index is 15.3. The van der Waals surface area contributed by atoms with Crippen LogP contribution in [0.3, 0.4) is 0 Å². The summed E-state index contributed by atoms with van der Waals surface area (Å²) in [4.78, 5) is 14.8. The number of hydrogen-bond acceptors (Lipinski definition) is 8. The number of nitrogens with one attached hydrogen (secondary N) is 2. The van der Waals surface area contributed by atoms with Crippen LogP contribution >= 0.6 is 11.6 Å². The summed E-state index contributed by atoms with van der Waals surface area (Å²) in [6.07, 6.45) is 5.56. The second-order valence-corrected chi connectivity index (χ2v) is 12.2. The first-order valence-corrected chi connectivity index (χ1v) is 14.8. The van der Waals surface area contributed by atoms with Crippen molar-refractivity contribution in [3.05, 3.63) is 65.3 Å². The number of aromatic nitrogens is 3. The highest BCUT2D eigenvalue weighted by molar-refractivity contribution is 7.92. The highest BCUT2D eigenvalue weighted by Gasteiger charge is 2.25. The minimum atomic E-state index is -4.25. The minimum Gasteiger partial charge on any atom is -0.480 e. The zero-order valence-corrected chi connectivity index (χ0v) is 24.2. The van der Waals surface area contributed by atoms with Gasteiger partial charge in [-0.2, -0.15) is 4.98 Å². The number of hydrogen-bond donors (Lipinski definition) is 2. The van der Waals surface area contributed by atoms with Gasteiger partial charge < -0.3 is 15.0 Å². The molecule has 0 aliphatic heterocycles. The largest absolute Gasteiger partial charge is 0.480 e. The maximum atomic E-state index is 15.3. The van der Waals surface area contributed by atoms with E-state index in [0.29, 0.717) is 17.4 Å². The van der Waals surface area contributed by atoms with Crippen LogP contribution < -0.4 is 14.8 Å². The Balaban J connectivity index is 1.41. The molecule has 5 rings (SSSR count). The molecule has 13 heteroatoms. The fourth-order valence-electron chi connectivity index (χ4n) is 5.00. The molecule has 1 saturated carbocycles. The third-order valence-electron chi connectivity index (χ3n) is 7.20. The molecule has 1 aliphatic carbocycles. The van der Waals surface area contributed by atoms with E-state index in [2.05, 4.69) is 44.0 Å². The van der Waals surface area contributed by atoms with Crippen molar-refractivity contribution in [3.63, 3.8) is 0 Å². The van der Waals surface area contributed by atoms with Crippen molar-refractivity contribution in [1.29, 1.82) is 0 Å². The lowest BCUT2D eigenvalue weighted by Crippen LogP contribution is -2.36. The van der Waals surface area contributed by atoms with Gasteiger partial charge in [-0.25, -0.2) is 27.2 Å². The van der Waals surface area contributed by atoms with Gasteiger partial charge in [0.2, 0.25) is 11.8 Å². The summed E-state index contributed by atoms with van der Waals surface area (Å²) in [6, 6.07) is 10.3. The molecule has 216 valence electrons. The Morgan fingerprint density at radius 3 is 2.44 bits per heavy atom. The number of rotatable bonds is 8. The first-order chi connectivity index (χ1) is 19.6. The van der Waals surface area contributed by atoms with Gasteiger partial charge in [-0.3, -0.25) is 4.72 Å². The Labute approximate surface area is 242 Å². The van der Waals surface area contributed by atoms with E-state index < -0.39 is 27.5 Å². The molecule has 2 aromatic heterocycles. The van der Waals surface area contributed by atoms with Crippen LogP contribution in [-0.2, 0) is 10.0 Å². The van der Waals surface area contributed by atoms with Crippen molar-refractivity contribution >= 4 is 44.3 Å². The molecule has 1 aliphatic rings. The topological polar surface area (TPSA) is 109 Å². The van der Waals surface area contributed by atoms with Gasteiger partial charge in [-0.15, -0.1) is 0 Å². The molecular formula is C28H29ClF2N6O3S. The zero-order chi connectivity index (χ0) is 29.3. The Morgan fingerprint density at radius 2 is 1.76 bits per heavy atom. The Bertz CT molecular complexity index is 1700. The number of methoxy groups -OCH3 is 1. The van der Waals surface area contributed by atoms with E-state index in [1.807, 2.05) is 0 Å². The average molecular weight is 603 g/mol. The number of fused-ring (bicyclic) bond motifs is 1. The fraction of sp³-hybridized carbons (Fsp3) is 0.321. The van der Waals surface area contributed by atoms with Crippen LogP contribution in [0.1, 0.15) is 25.7 Å². The number of benzene rings is 2. The molecule has 0 amide bonds. The van der Waals surface area contributed by atoms with E-state index in [9.17, 15) is 8.42 Å². The molecule has 0 atom stereocenters. The summed E-state index contributed by atoms with van der Waals surface area (Å²) in [5.41, 5.74) is 0.487. The fourth-order valence-corrected chi connectivity index (χ4v) is 6.53. The van der Waals surface area contributed by atoms with Gasteiger partial charge in [-0.05, 0) is 75.7 Å². The first-order valence-electron chi connectivity index (χ1n) is 13.0. The molecule has 0 spiro atoms. The maximum Gasteiger partial charge on any atom is 0.264 e. The Hall–Kier alpha value is -3.61. The van der Waals surface area contributed by atoms with Gasteiger partial charge in [-0.1, -0.05) is 23.7 Å². The van der Waals surface area contributed by atoms with E-state index >= 15 is 8.78 Å². The van der Waals surface area contributed by atoms with Gasteiger partial charge in [0, 0.05) is 29.2 Å². The summed E-state index contributed by atoms with van der Waals surface area (Å²) < 4.78 is 63.5. The summed E-state index contributed by atoms with van der Waals surface area (Å²) in [7, 11) is 1.21. The summed E-state index contributed by atoms with van der Waals surface area (Å²) >= 11 is 6.01. The summed E-state index contributed by atoms with van der Waals surface area (Å²) in [5.74, 6) is -1.99. The SMILES string of the molecule is COc1nc(NS(=O)(=O)c2ccccc2Cl)c(F)cc1-c1cc(F)c2nc(N[C@H]3CC[C@H](N(C)C)CC3)ncc2c1. The molecule has 0 saturated heterocycles. The third kappa shape index (κ3) is 6.19.